The highest BCUT2D eigenvalue weighted by Gasteiger charge is 2.24. The van der Waals surface area contributed by atoms with Crippen LogP contribution in [-0.4, -0.2) is 47.4 Å². The number of nitrogens with zero attached hydrogens (tertiary/aromatic N) is 3. The molecule has 4 nitrogen and oxygen atoms in total. The molecule has 0 radical (unpaired) electrons. The maximum absolute atomic E-state index is 12.6. The molecule has 1 aliphatic heterocycles. The molecule has 124 valence electrons. The summed E-state index contributed by atoms with van der Waals surface area (Å²) in [7, 11) is 1.89. The fraction of sp³-hybridized carbons (Fsp3) is 0.556. The van der Waals surface area contributed by atoms with Gasteiger partial charge in [-0.15, -0.1) is 11.3 Å². The summed E-state index contributed by atoms with van der Waals surface area (Å²) in [6.07, 6.45) is 2.40. The van der Waals surface area contributed by atoms with Gasteiger partial charge in [-0.2, -0.15) is 0 Å². The van der Waals surface area contributed by atoms with Gasteiger partial charge in [0.1, 0.15) is 5.01 Å². The molecule has 23 heavy (non-hydrogen) atoms. The van der Waals surface area contributed by atoms with Crippen LogP contribution in [0.3, 0.4) is 0 Å². The number of hydrogen-bond acceptors (Lipinski definition) is 4. The fourth-order valence-corrected chi connectivity index (χ4v) is 4.04. The number of benzene rings is 1. The van der Waals surface area contributed by atoms with E-state index in [2.05, 4.69) is 29.8 Å². The Morgan fingerprint density at radius 1 is 1.39 bits per heavy atom. The van der Waals surface area contributed by atoms with Gasteiger partial charge in [0.05, 0.1) is 22.8 Å². The predicted octanol–water partition coefficient (Wildman–Crippen LogP) is 3.55. The summed E-state index contributed by atoms with van der Waals surface area (Å²) in [5.74, 6) is 0.979. The average Bonchev–Trinajstić information content (AvgIpc) is 2.99. The van der Waals surface area contributed by atoms with Gasteiger partial charge in [-0.25, -0.2) is 4.98 Å². The maximum Gasteiger partial charge on any atom is 0.237 e. The van der Waals surface area contributed by atoms with Crippen molar-refractivity contribution >= 4 is 27.5 Å². The Labute approximate surface area is 142 Å². The SMILES string of the molecule is CC1CCN(CC(=O)N(C)[C@@H](C)c2nc3ccccc3s2)CC1. The first-order chi connectivity index (χ1) is 11.0. The highest BCUT2D eigenvalue weighted by atomic mass is 32.1. The Balaban J connectivity index is 1.64. The number of fused-ring (bicyclic) bond motifs is 1. The molecule has 0 N–H and O–H groups in total. The summed E-state index contributed by atoms with van der Waals surface area (Å²) in [5.41, 5.74) is 1.02. The van der Waals surface area contributed by atoms with E-state index in [1.807, 2.05) is 30.1 Å². The van der Waals surface area contributed by atoms with E-state index in [-0.39, 0.29) is 11.9 Å². The lowest BCUT2D eigenvalue weighted by atomic mass is 9.99. The predicted molar refractivity (Wildman–Crippen MR) is 95.6 cm³/mol. The van der Waals surface area contributed by atoms with E-state index < -0.39 is 0 Å². The van der Waals surface area contributed by atoms with Crippen molar-refractivity contribution < 1.29 is 4.79 Å². The smallest absolute Gasteiger partial charge is 0.237 e. The maximum atomic E-state index is 12.6. The number of hydrogen-bond donors (Lipinski definition) is 0. The molecule has 2 aromatic rings. The van der Waals surface area contributed by atoms with Crippen LogP contribution in [0.1, 0.15) is 37.7 Å². The Morgan fingerprint density at radius 2 is 2.09 bits per heavy atom. The molecule has 1 saturated heterocycles. The first kappa shape index (κ1) is 16.4. The lowest BCUT2D eigenvalue weighted by Crippen LogP contribution is -2.42. The molecule has 0 bridgehead atoms. The van der Waals surface area contributed by atoms with E-state index in [1.54, 1.807) is 11.3 Å². The molecule has 0 aliphatic carbocycles. The lowest BCUT2D eigenvalue weighted by Gasteiger charge is -2.32. The minimum atomic E-state index is 0.0172. The molecule has 1 fully saturated rings. The number of likely N-dealkylation sites (tertiary alicyclic amines) is 1. The summed E-state index contributed by atoms with van der Waals surface area (Å²) in [4.78, 5) is 21.4. The van der Waals surface area contributed by atoms with E-state index in [9.17, 15) is 4.79 Å². The van der Waals surface area contributed by atoms with Gasteiger partial charge in [-0.1, -0.05) is 19.1 Å². The molecule has 0 saturated carbocycles. The Kier molecular flexibility index (Phi) is 4.97. The van der Waals surface area contributed by atoms with Crippen LogP contribution >= 0.6 is 11.3 Å². The molecule has 1 atom stereocenters. The molecule has 1 amide bonds. The summed E-state index contributed by atoms with van der Waals surface area (Å²) in [6, 6.07) is 8.16. The molecule has 3 rings (SSSR count). The number of likely N-dealkylation sites (N-methyl/N-ethyl adjacent to an activating group) is 1. The first-order valence-corrected chi connectivity index (χ1v) is 9.19. The van der Waals surface area contributed by atoms with Gasteiger partial charge >= 0.3 is 0 Å². The van der Waals surface area contributed by atoms with Gasteiger partial charge in [-0.3, -0.25) is 9.69 Å². The number of carbonyl (C=O) groups excluding carboxylic acids is 1. The molecule has 0 unspecified atom stereocenters. The normalized spacial score (nSPS) is 18.2. The van der Waals surface area contributed by atoms with Gasteiger partial charge < -0.3 is 4.90 Å². The number of para-hydroxylation sites is 1. The summed E-state index contributed by atoms with van der Waals surface area (Å²) in [5, 5.41) is 1.01. The van der Waals surface area contributed by atoms with Crippen LogP contribution < -0.4 is 0 Å². The number of thiazole rings is 1. The van der Waals surface area contributed by atoms with Crippen LogP contribution in [0.2, 0.25) is 0 Å². The number of carbonyl (C=O) groups is 1. The molecule has 0 spiro atoms. The quantitative estimate of drug-likeness (QED) is 0.860. The number of amides is 1. The van der Waals surface area contributed by atoms with Crippen LogP contribution in [0.25, 0.3) is 10.2 Å². The Hall–Kier alpha value is -1.46. The van der Waals surface area contributed by atoms with Gasteiger partial charge in [0.2, 0.25) is 5.91 Å². The highest BCUT2D eigenvalue weighted by molar-refractivity contribution is 7.18. The van der Waals surface area contributed by atoms with E-state index in [4.69, 9.17) is 0 Å². The Bertz CT molecular complexity index is 643. The third-order valence-electron chi connectivity index (χ3n) is 4.88. The third-order valence-corrected chi connectivity index (χ3v) is 6.08. The topological polar surface area (TPSA) is 36.4 Å². The van der Waals surface area contributed by atoms with E-state index in [0.717, 1.165) is 29.5 Å². The van der Waals surface area contributed by atoms with Gasteiger partial charge in [0.15, 0.2) is 0 Å². The van der Waals surface area contributed by atoms with Crippen molar-refractivity contribution in [2.45, 2.75) is 32.7 Å². The lowest BCUT2D eigenvalue weighted by molar-refractivity contribution is -0.133. The van der Waals surface area contributed by atoms with Crippen molar-refractivity contribution in [2.24, 2.45) is 5.92 Å². The zero-order valence-electron chi connectivity index (χ0n) is 14.2. The second-order valence-electron chi connectivity index (χ2n) is 6.66. The number of aromatic nitrogens is 1. The largest absolute Gasteiger partial charge is 0.335 e. The summed E-state index contributed by atoms with van der Waals surface area (Å²) < 4.78 is 1.18. The van der Waals surface area contributed by atoms with Crippen LogP contribution in [0.5, 0.6) is 0 Å². The van der Waals surface area contributed by atoms with Crippen LogP contribution in [0, 0.1) is 5.92 Å². The summed E-state index contributed by atoms with van der Waals surface area (Å²) >= 11 is 1.68. The minimum absolute atomic E-state index is 0.0172. The third kappa shape index (κ3) is 3.72. The van der Waals surface area contributed by atoms with Gasteiger partial charge in [0, 0.05) is 7.05 Å². The van der Waals surface area contributed by atoms with Crippen LogP contribution in [-0.2, 0) is 4.79 Å². The standard InChI is InChI=1S/C18H25N3OS/c1-13-8-10-21(11-9-13)12-17(22)20(3)14(2)18-19-15-6-4-5-7-16(15)23-18/h4-7,13-14H,8-12H2,1-3H3/t14-/m0/s1. The zero-order chi connectivity index (χ0) is 16.4. The van der Waals surface area contributed by atoms with E-state index in [1.165, 1.54) is 17.5 Å². The molecule has 1 aromatic heterocycles. The molecular formula is C18H25N3OS. The number of rotatable bonds is 4. The molecule has 1 aliphatic rings. The molecule has 5 heteroatoms. The monoisotopic (exact) mass is 331 g/mol. The van der Waals surface area contributed by atoms with Crippen molar-refractivity contribution in [3.8, 4) is 0 Å². The van der Waals surface area contributed by atoms with Crippen molar-refractivity contribution in [1.29, 1.82) is 0 Å². The van der Waals surface area contributed by atoms with E-state index >= 15 is 0 Å². The van der Waals surface area contributed by atoms with E-state index in [0.29, 0.717) is 6.54 Å². The fourth-order valence-electron chi connectivity index (χ4n) is 2.97. The molecular weight excluding hydrogens is 306 g/mol. The van der Waals surface area contributed by atoms with Crippen LogP contribution in [0.4, 0.5) is 0 Å². The number of piperidine rings is 1. The van der Waals surface area contributed by atoms with Crippen molar-refractivity contribution in [1.82, 2.24) is 14.8 Å². The van der Waals surface area contributed by atoms with Crippen molar-refractivity contribution in [2.75, 3.05) is 26.7 Å². The van der Waals surface area contributed by atoms with Crippen molar-refractivity contribution in [3.63, 3.8) is 0 Å². The first-order valence-electron chi connectivity index (χ1n) is 8.38. The zero-order valence-corrected chi connectivity index (χ0v) is 15.0. The van der Waals surface area contributed by atoms with Crippen LogP contribution in [0.15, 0.2) is 24.3 Å². The second-order valence-corrected chi connectivity index (χ2v) is 7.72. The minimum Gasteiger partial charge on any atom is -0.335 e. The second kappa shape index (κ2) is 6.97. The highest BCUT2D eigenvalue weighted by Crippen LogP contribution is 2.29. The molecule has 1 aromatic carbocycles. The Morgan fingerprint density at radius 3 is 2.78 bits per heavy atom. The molecule has 2 heterocycles. The summed E-state index contributed by atoms with van der Waals surface area (Å²) in [6.45, 7) is 6.96. The average molecular weight is 331 g/mol. The van der Waals surface area contributed by atoms with Gasteiger partial charge in [0.25, 0.3) is 0 Å². The van der Waals surface area contributed by atoms with Crippen molar-refractivity contribution in [3.05, 3.63) is 29.3 Å². The van der Waals surface area contributed by atoms with Gasteiger partial charge in [-0.05, 0) is 50.9 Å².